The predicted octanol–water partition coefficient (Wildman–Crippen LogP) is 3.42. The van der Waals surface area contributed by atoms with Crippen molar-refractivity contribution in [1.82, 2.24) is 4.98 Å². The van der Waals surface area contributed by atoms with Gasteiger partial charge in [0.25, 0.3) is 6.43 Å². The first-order chi connectivity index (χ1) is 6.60. The van der Waals surface area contributed by atoms with E-state index in [2.05, 4.69) is 4.98 Å². The highest BCUT2D eigenvalue weighted by Crippen LogP contribution is 2.30. The summed E-state index contributed by atoms with van der Waals surface area (Å²) >= 11 is 11.1. The SMILES string of the molecule is COc1nc(C(F)F)c(Cl)cc1CCl. The molecular formula is C8H7Cl2F2NO. The van der Waals surface area contributed by atoms with Gasteiger partial charge in [-0.1, -0.05) is 11.6 Å². The molecule has 0 aliphatic carbocycles. The van der Waals surface area contributed by atoms with E-state index in [1.165, 1.54) is 13.2 Å². The van der Waals surface area contributed by atoms with Gasteiger partial charge in [-0.25, -0.2) is 13.8 Å². The third-order valence-electron chi connectivity index (χ3n) is 1.59. The Morgan fingerprint density at radius 2 is 2.21 bits per heavy atom. The Balaban J connectivity index is 3.23. The average molecular weight is 242 g/mol. The van der Waals surface area contributed by atoms with Gasteiger partial charge in [0.1, 0.15) is 5.69 Å². The lowest BCUT2D eigenvalue weighted by Crippen LogP contribution is -1.99. The number of methoxy groups -OCH3 is 1. The molecule has 0 N–H and O–H groups in total. The molecule has 0 spiro atoms. The van der Waals surface area contributed by atoms with E-state index in [0.29, 0.717) is 5.56 Å². The van der Waals surface area contributed by atoms with Crippen molar-refractivity contribution in [2.45, 2.75) is 12.3 Å². The zero-order valence-electron chi connectivity index (χ0n) is 7.23. The first-order valence-corrected chi connectivity index (χ1v) is 4.58. The van der Waals surface area contributed by atoms with E-state index in [-0.39, 0.29) is 16.8 Å². The number of pyridine rings is 1. The molecule has 0 aliphatic rings. The first kappa shape index (κ1) is 11.5. The molecule has 14 heavy (non-hydrogen) atoms. The normalized spacial score (nSPS) is 10.7. The van der Waals surface area contributed by atoms with Gasteiger partial charge in [-0.2, -0.15) is 0 Å². The van der Waals surface area contributed by atoms with Crippen LogP contribution in [0.4, 0.5) is 8.78 Å². The van der Waals surface area contributed by atoms with Gasteiger partial charge in [0.2, 0.25) is 5.88 Å². The second kappa shape index (κ2) is 4.75. The molecule has 0 bridgehead atoms. The molecule has 78 valence electrons. The van der Waals surface area contributed by atoms with E-state index in [1.807, 2.05) is 0 Å². The summed E-state index contributed by atoms with van der Waals surface area (Å²) in [6.07, 6.45) is -2.72. The molecule has 1 heterocycles. The second-order valence-corrected chi connectivity index (χ2v) is 3.13. The maximum Gasteiger partial charge on any atom is 0.281 e. The monoisotopic (exact) mass is 241 g/mol. The van der Waals surface area contributed by atoms with Crippen molar-refractivity contribution in [1.29, 1.82) is 0 Å². The molecule has 0 aliphatic heterocycles. The van der Waals surface area contributed by atoms with Gasteiger partial charge in [-0.3, -0.25) is 0 Å². The van der Waals surface area contributed by atoms with Gasteiger partial charge in [-0.05, 0) is 6.07 Å². The molecule has 1 rings (SSSR count). The quantitative estimate of drug-likeness (QED) is 0.757. The summed E-state index contributed by atoms with van der Waals surface area (Å²) in [5, 5.41) is -0.101. The van der Waals surface area contributed by atoms with Crippen LogP contribution in [-0.4, -0.2) is 12.1 Å². The molecule has 0 radical (unpaired) electrons. The maximum absolute atomic E-state index is 12.3. The predicted molar refractivity (Wildman–Crippen MR) is 50.3 cm³/mol. The number of alkyl halides is 3. The topological polar surface area (TPSA) is 22.1 Å². The van der Waals surface area contributed by atoms with Crippen molar-refractivity contribution in [3.05, 3.63) is 22.3 Å². The number of ether oxygens (including phenoxy) is 1. The summed E-state index contributed by atoms with van der Waals surface area (Å²) in [6, 6.07) is 1.34. The molecule has 0 amide bonds. The number of hydrogen-bond donors (Lipinski definition) is 0. The minimum absolute atomic E-state index is 0.0831. The van der Waals surface area contributed by atoms with Crippen LogP contribution in [0.1, 0.15) is 17.7 Å². The van der Waals surface area contributed by atoms with Crippen LogP contribution in [0.15, 0.2) is 6.07 Å². The van der Waals surface area contributed by atoms with Crippen molar-refractivity contribution in [2.75, 3.05) is 7.11 Å². The summed E-state index contributed by atoms with van der Waals surface area (Å²) in [5.74, 6) is 0.194. The largest absolute Gasteiger partial charge is 0.481 e. The molecule has 0 fully saturated rings. The second-order valence-electron chi connectivity index (χ2n) is 2.46. The van der Waals surface area contributed by atoms with Gasteiger partial charge in [-0.15, -0.1) is 11.6 Å². The van der Waals surface area contributed by atoms with E-state index in [0.717, 1.165) is 0 Å². The Morgan fingerprint density at radius 1 is 1.57 bits per heavy atom. The van der Waals surface area contributed by atoms with Crippen molar-refractivity contribution >= 4 is 23.2 Å². The fraction of sp³-hybridized carbons (Fsp3) is 0.375. The van der Waals surface area contributed by atoms with Crippen molar-refractivity contribution in [3.8, 4) is 5.88 Å². The molecule has 1 aromatic rings. The molecule has 0 unspecified atom stereocenters. The number of aromatic nitrogens is 1. The zero-order chi connectivity index (χ0) is 10.7. The summed E-state index contributed by atoms with van der Waals surface area (Å²) < 4.78 is 29.5. The average Bonchev–Trinajstić information content (AvgIpc) is 2.16. The fourth-order valence-corrected chi connectivity index (χ4v) is 1.40. The highest BCUT2D eigenvalue weighted by molar-refractivity contribution is 6.31. The minimum Gasteiger partial charge on any atom is -0.481 e. The fourth-order valence-electron chi connectivity index (χ4n) is 0.949. The van der Waals surface area contributed by atoms with Crippen molar-refractivity contribution in [3.63, 3.8) is 0 Å². The van der Waals surface area contributed by atoms with Crippen LogP contribution in [0.5, 0.6) is 5.88 Å². The highest BCUT2D eigenvalue weighted by Gasteiger charge is 2.17. The Hall–Kier alpha value is -0.610. The third-order valence-corrected chi connectivity index (χ3v) is 2.18. The van der Waals surface area contributed by atoms with Crippen LogP contribution < -0.4 is 4.74 Å². The van der Waals surface area contributed by atoms with Crippen LogP contribution in [-0.2, 0) is 5.88 Å². The standard InChI is InChI=1S/C8H7Cl2F2NO/c1-14-8-4(3-9)2-5(10)6(13-8)7(11)12/h2,7H,3H2,1H3. The Kier molecular flexibility index (Phi) is 3.89. The van der Waals surface area contributed by atoms with Crippen LogP contribution in [0.3, 0.4) is 0 Å². The van der Waals surface area contributed by atoms with Crippen LogP contribution in [0, 0.1) is 0 Å². The Labute approximate surface area is 89.8 Å². The molecule has 6 heteroatoms. The Bertz CT molecular complexity index is 333. The minimum atomic E-state index is -2.72. The maximum atomic E-state index is 12.3. The number of hydrogen-bond acceptors (Lipinski definition) is 2. The lowest BCUT2D eigenvalue weighted by atomic mass is 10.2. The first-order valence-electron chi connectivity index (χ1n) is 3.67. The molecule has 2 nitrogen and oxygen atoms in total. The van der Waals surface area contributed by atoms with E-state index in [1.54, 1.807) is 0 Å². The highest BCUT2D eigenvalue weighted by atomic mass is 35.5. The lowest BCUT2D eigenvalue weighted by Gasteiger charge is -2.08. The van der Waals surface area contributed by atoms with E-state index >= 15 is 0 Å². The van der Waals surface area contributed by atoms with Crippen LogP contribution in [0.2, 0.25) is 5.02 Å². The van der Waals surface area contributed by atoms with E-state index in [9.17, 15) is 8.78 Å². The molecule has 0 atom stereocenters. The summed E-state index contributed by atoms with van der Waals surface area (Å²) in [7, 11) is 1.33. The van der Waals surface area contributed by atoms with E-state index in [4.69, 9.17) is 27.9 Å². The van der Waals surface area contributed by atoms with Crippen molar-refractivity contribution < 1.29 is 13.5 Å². The number of halogens is 4. The summed E-state index contributed by atoms with van der Waals surface area (Å²) in [6.45, 7) is 0. The number of rotatable bonds is 3. The van der Waals surface area contributed by atoms with Crippen molar-refractivity contribution in [2.24, 2.45) is 0 Å². The smallest absolute Gasteiger partial charge is 0.281 e. The number of nitrogens with zero attached hydrogens (tertiary/aromatic N) is 1. The lowest BCUT2D eigenvalue weighted by molar-refractivity contribution is 0.145. The zero-order valence-corrected chi connectivity index (χ0v) is 8.74. The van der Waals surface area contributed by atoms with Gasteiger partial charge < -0.3 is 4.74 Å². The molecule has 0 aromatic carbocycles. The summed E-state index contributed by atoms with van der Waals surface area (Å²) in [5.41, 5.74) is 0.000880. The van der Waals surface area contributed by atoms with E-state index < -0.39 is 12.1 Å². The van der Waals surface area contributed by atoms with Crippen LogP contribution >= 0.6 is 23.2 Å². The van der Waals surface area contributed by atoms with Gasteiger partial charge in [0.05, 0.1) is 18.0 Å². The molecule has 0 saturated carbocycles. The van der Waals surface area contributed by atoms with Gasteiger partial charge >= 0.3 is 0 Å². The van der Waals surface area contributed by atoms with Gasteiger partial charge in [0, 0.05) is 5.56 Å². The molecular weight excluding hydrogens is 235 g/mol. The van der Waals surface area contributed by atoms with Gasteiger partial charge in [0.15, 0.2) is 0 Å². The Morgan fingerprint density at radius 3 is 2.64 bits per heavy atom. The van der Waals surface area contributed by atoms with Crippen LogP contribution in [0.25, 0.3) is 0 Å². The molecule has 0 saturated heterocycles. The summed E-state index contributed by atoms with van der Waals surface area (Å²) in [4.78, 5) is 3.57. The third kappa shape index (κ3) is 2.25. The molecule has 1 aromatic heterocycles.